The molecule has 0 aliphatic rings. The Morgan fingerprint density at radius 1 is 0.583 bits per heavy atom. The third-order valence-electron chi connectivity index (χ3n) is 0.701. The normalized spacial score (nSPS) is 8.79. The van der Waals surface area contributed by atoms with Crippen LogP contribution in [0.2, 0.25) is 0 Å². The monoisotopic (exact) mass is 392 g/mol. The van der Waals surface area contributed by atoms with Crippen molar-refractivity contribution in [1.29, 1.82) is 0 Å². The fraction of sp³-hybridized carbons (Fsp3) is 0.200. The van der Waals surface area contributed by atoms with Crippen LogP contribution in [-0.2, 0) is 0 Å². The summed E-state index contributed by atoms with van der Waals surface area (Å²) in [6.07, 6.45) is -18.8. The third-order valence-corrected chi connectivity index (χ3v) is 0.701. The predicted octanol–water partition coefficient (Wildman–Crippen LogP) is 7.80. The molecule has 0 nitrogen and oxygen atoms in total. The van der Waals surface area contributed by atoms with Crippen LogP contribution in [0.4, 0.5) is 61.5 Å². The lowest BCUT2D eigenvalue weighted by molar-refractivity contribution is -0.113. The molecule has 0 amide bonds. The Morgan fingerprint density at radius 2 is 0.750 bits per heavy atom. The summed E-state index contributed by atoms with van der Waals surface area (Å²) in [5.41, 5.74) is 0. The van der Waals surface area contributed by atoms with Crippen molar-refractivity contribution >= 4 is 0 Å². The Labute approximate surface area is 125 Å². The first-order valence-corrected chi connectivity index (χ1v) is 4.63. The number of rotatable bonds is 0. The van der Waals surface area contributed by atoms with Crippen LogP contribution >= 0.6 is 0 Å². The predicted molar refractivity (Wildman–Crippen MR) is 55.2 cm³/mol. The molecule has 0 unspecified atom stereocenters. The molecule has 0 saturated heterocycles. The average molecular weight is 392 g/mol. The standard InChI is InChI=1S/C3F6.C3H6.2C2F4/c4-1(2(5)6)3(7,8)9;1-3-2;2*3-1(4)2(5)6/h;3H,1H2,2H3;;. The van der Waals surface area contributed by atoms with Crippen molar-refractivity contribution in [2.24, 2.45) is 0 Å². The number of alkyl halides is 3. The van der Waals surface area contributed by atoms with E-state index >= 15 is 0 Å². The molecule has 144 valence electrons. The molecule has 0 aromatic carbocycles. The van der Waals surface area contributed by atoms with Crippen LogP contribution in [0.1, 0.15) is 6.92 Å². The van der Waals surface area contributed by atoms with Gasteiger partial charge in [0.25, 0.3) is 5.83 Å². The lowest BCUT2D eigenvalue weighted by Gasteiger charge is -1.98. The summed E-state index contributed by atoms with van der Waals surface area (Å²) in [5, 5.41) is 0. The van der Waals surface area contributed by atoms with Gasteiger partial charge >= 0.3 is 36.6 Å². The molecule has 0 aromatic heterocycles. The van der Waals surface area contributed by atoms with Crippen LogP contribution in [0.5, 0.6) is 0 Å². The van der Waals surface area contributed by atoms with E-state index in [1.807, 2.05) is 6.92 Å². The number of allylic oxidation sites excluding steroid dienone is 2. The van der Waals surface area contributed by atoms with Gasteiger partial charge in [0, 0.05) is 0 Å². The first-order valence-electron chi connectivity index (χ1n) is 4.63. The zero-order valence-corrected chi connectivity index (χ0v) is 11.1. The van der Waals surface area contributed by atoms with Gasteiger partial charge < -0.3 is 0 Å². The maximum absolute atomic E-state index is 11.0. The quantitative estimate of drug-likeness (QED) is 0.291. The molecule has 24 heavy (non-hydrogen) atoms. The molecule has 0 atom stereocenters. The average Bonchev–Trinajstić information content (AvgIpc) is 2.38. The van der Waals surface area contributed by atoms with Crippen LogP contribution in [0.3, 0.4) is 0 Å². The van der Waals surface area contributed by atoms with Gasteiger partial charge in [0.15, 0.2) is 0 Å². The van der Waals surface area contributed by atoms with Crippen LogP contribution in [0.25, 0.3) is 0 Å². The number of halogens is 14. The Hall–Kier alpha value is -2.02. The summed E-state index contributed by atoms with van der Waals surface area (Å²) >= 11 is 0. The summed E-state index contributed by atoms with van der Waals surface area (Å²) in [6.45, 7) is 5.25. The first-order chi connectivity index (χ1) is 10.6. The van der Waals surface area contributed by atoms with Crippen molar-refractivity contribution in [2.75, 3.05) is 0 Å². The van der Waals surface area contributed by atoms with Gasteiger partial charge in [-0.25, -0.2) is 0 Å². The van der Waals surface area contributed by atoms with E-state index in [4.69, 9.17) is 0 Å². The Morgan fingerprint density at radius 3 is 0.750 bits per heavy atom. The molecule has 0 bridgehead atoms. The summed E-state index contributed by atoms with van der Waals surface area (Å²) in [7, 11) is 0. The highest BCUT2D eigenvalue weighted by molar-refractivity contribution is 4.98. The van der Waals surface area contributed by atoms with Crippen LogP contribution < -0.4 is 0 Å². The second-order valence-corrected chi connectivity index (χ2v) is 2.52. The molecule has 0 fully saturated rings. The lowest BCUT2D eigenvalue weighted by Crippen LogP contribution is -2.08. The van der Waals surface area contributed by atoms with Crippen molar-refractivity contribution in [3.8, 4) is 0 Å². The van der Waals surface area contributed by atoms with Crippen LogP contribution in [0.15, 0.2) is 48.9 Å². The van der Waals surface area contributed by atoms with E-state index in [1.54, 1.807) is 6.08 Å². The van der Waals surface area contributed by atoms with Gasteiger partial charge in [-0.15, -0.1) is 6.58 Å². The molecule has 0 heterocycles. The maximum atomic E-state index is 11.0. The molecular formula is C10H6F14. The summed E-state index contributed by atoms with van der Waals surface area (Å²) in [5.74, 6) is -3.33. The Bertz CT molecular complexity index is 379. The zero-order valence-electron chi connectivity index (χ0n) is 11.1. The van der Waals surface area contributed by atoms with Crippen molar-refractivity contribution in [2.45, 2.75) is 13.1 Å². The van der Waals surface area contributed by atoms with E-state index in [1.165, 1.54) is 0 Å². The number of hydrogen-bond donors (Lipinski definition) is 0. The minimum Gasteiger partial charge on any atom is -0.196 e. The first kappa shape index (κ1) is 29.9. The summed E-state index contributed by atoms with van der Waals surface area (Å²) < 4.78 is 147. The Balaban J connectivity index is -0.000000118. The Kier molecular flexibility index (Phi) is 19.8. The fourth-order valence-corrected chi connectivity index (χ4v) is 0.107. The van der Waals surface area contributed by atoms with Gasteiger partial charge in [-0.1, -0.05) is 6.08 Å². The SMILES string of the molecule is C=CC.FC(F)=C(F)C(F)(F)F.FC(F)=C(F)F.FC(F)=C(F)F. The molecule has 0 saturated carbocycles. The minimum atomic E-state index is -5.56. The number of hydrogen-bond acceptors (Lipinski definition) is 0. The maximum Gasteiger partial charge on any atom is 0.448 e. The zero-order chi connectivity index (χ0) is 20.7. The fourth-order valence-electron chi connectivity index (χ4n) is 0.107. The van der Waals surface area contributed by atoms with E-state index < -0.39 is 42.4 Å². The minimum absolute atomic E-state index is 1.75. The van der Waals surface area contributed by atoms with Crippen molar-refractivity contribution < 1.29 is 61.5 Å². The molecule has 0 aliphatic heterocycles. The van der Waals surface area contributed by atoms with E-state index in [2.05, 4.69) is 6.58 Å². The smallest absolute Gasteiger partial charge is 0.196 e. The van der Waals surface area contributed by atoms with E-state index in [0.29, 0.717) is 0 Å². The molecule has 0 spiro atoms. The second kappa shape index (κ2) is 15.9. The topological polar surface area (TPSA) is 0 Å². The largest absolute Gasteiger partial charge is 0.448 e. The highest BCUT2D eigenvalue weighted by Gasteiger charge is 2.38. The highest BCUT2D eigenvalue weighted by Crippen LogP contribution is 2.29. The van der Waals surface area contributed by atoms with Gasteiger partial charge in [-0.05, 0) is 6.92 Å². The summed E-state index contributed by atoms with van der Waals surface area (Å²) in [6, 6.07) is 0. The molecule has 14 heteroatoms. The molecular weight excluding hydrogens is 386 g/mol. The molecule has 0 aromatic rings. The third kappa shape index (κ3) is 28.2. The molecule has 0 aliphatic carbocycles. The van der Waals surface area contributed by atoms with Crippen molar-refractivity contribution in [1.82, 2.24) is 0 Å². The van der Waals surface area contributed by atoms with Gasteiger partial charge in [-0.2, -0.15) is 61.5 Å². The van der Waals surface area contributed by atoms with Gasteiger partial charge in [-0.3, -0.25) is 0 Å². The van der Waals surface area contributed by atoms with Gasteiger partial charge in [0.05, 0.1) is 0 Å². The molecule has 0 rings (SSSR count). The van der Waals surface area contributed by atoms with Gasteiger partial charge in [0.2, 0.25) is 0 Å². The molecule has 0 radical (unpaired) electrons. The van der Waals surface area contributed by atoms with Gasteiger partial charge in [0.1, 0.15) is 0 Å². The van der Waals surface area contributed by atoms with E-state index in [9.17, 15) is 61.5 Å². The van der Waals surface area contributed by atoms with Crippen molar-refractivity contribution in [3.63, 3.8) is 0 Å². The lowest BCUT2D eigenvalue weighted by atomic mass is 10.6. The highest BCUT2D eigenvalue weighted by atomic mass is 19.4. The second-order valence-electron chi connectivity index (χ2n) is 2.52. The van der Waals surface area contributed by atoms with Crippen LogP contribution in [0, 0.1) is 0 Å². The van der Waals surface area contributed by atoms with Crippen molar-refractivity contribution in [3.05, 3.63) is 48.9 Å². The van der Waals surface area contributed by atoms with E-state index in [-0.39, 0.29) is 0 Å². The van der Waals surface area contributed by atoms with E-state index in [0.717, 1.165) is 0 Å². The van der Waals surface area contributed by atoms with Crippen LogP contribution in [-0.4, -0.2) is 6.18 Å². The molecule has 0 N–H and O–H groups in total. The summed E-state index contributed by atoms with van der Waals surface area (Å²) in [4.78, 5) is 0.